The summed E-state index contributed by atoms with van der Waals surface area (Å²) in [5.74, 6) is -0.223. The van der Waals surface area contributed by atoms with Crippen LogP contribution in [0.25, 0.3) is 10.1 Å². The van der Waals surface area contributed by atoms with Crippen LogP contribution in [-0.4, -0.2) is 85.0 Å². The van der Waals surface area contributed by atoms with Crippen LogP contribution in [0.2, 0.25) is 0 Å². The molecule has 1 aromatic heterocycles. The number of urea groups is 1. The number of hydrogen-bond acceptors (Lipinski definition) is 6. The summed E-state index contributed by atoms with van der Waals surface area (Å²) in [5.41, 5.74) is 0.100. The quantitative estimate of drug-likeness (QED) is 0.720. The Labute approximate surface area is 184 Å². The number of carbonyl (C=O) groups is 3. The topological polar surface area (TPSA) is 82.2 Å². The van der Waals surface area contributed by atoms with E-state index in [0.29, 0.717) is 32.5 Å². The molecular formula is C22H26N4O4S. The smallest absolute Gasteiger partial charge is 0.324 e. The third-order valence-electron chi connectivity index (χ3n) is 6.69. The van der Waals surface area contributed by atoms with Crippen molar-refractivity contribution in [3.8, 4) is 0 Å². The number of benzene rings is 1. The Kier molecular flexibility index (Phi) is 4.99. The molecule has 2 aromatic rings. The molecule has 3 aliphatic heterocycles. The van der Waals surface area contributed by atoms with Crippen LogP contribution in [-0.2, 0) is 9.53 Å². The molecule has 0 bridgehead atoms. The standard InChI is InChI=1S/C22H26N4O4S/c1-24-11-12-30-15(13-24)17-14-5-3-4-6-16(14)31-18(17)19(27)26-9-7-22(8-10-26)20(28)25(2)21(29)23-22/h3-6,15H,7-13H2,1-2H3,(H,23,29)/t15-/m0/s1. The van der Waals surface area contributed by atoms with Crippen molar-refractivity contribution >= 4 is 39.3 Å². The normalized spacial score (nSPS) is 24.3. The van der Waals surface area contributed by atoms with Gasteiger partial charge in [-0.3, -0.25) is 14.5 Å². The minimum absolute atomic E-state index is 0.0204. The lowest BCUT2D eigenvalue weighted by Gasteiger charge is -2.37. The van der Waals surface area contributed by atoms with Gasteiger partial charge in [0.25, 0.3) is 11.8 Å². The molecule has 3 fully saturated rings. The van der Waals surface area contributed by atoms with Gasteiger partial charge in [-0.25, -0.2) is 4.79 Å². The van der Waals surface area contributed by atoms with E-state index in [2.05, 4.69) is 23.3 Å². The van der Waals surface area contributed by atoms with Crippen molar-refractivity contribution in [1.82, 2.24) is 20.0 Å². The molecule has 3 saturated heterocycles. The van der Waals surface area contributed by atoms with Crippen molar-refractivity contribution < 1.29 is 19.1 Å². The average molecular weight is 443 g/mol. The van der Waals surface area contributed by atoms with Gasteiger partial charge in [0, 0.05) is 43.5 Å². The maximum Gasteiger partial charge on any atom is 0.324 e. The summed E-state index contributed by atoms with van der Waals surface area (Å²) in [6.07, 6.45) is 0.710. The molecule has 8 nitrogen and oxygen atoms in total. The number of nitrogens with one attached hydrogen (secondary N) is 1. The molecule has 3 aliphatic rings. The van der Waals surface area contributed by atoms with E-state index >= 15 is 0 Å². The highest BCUT2D eigenvalue weighted by Crippen LogP contribution is 2.39. The van der Waals surface area contributed by atoms with E-state index in [-0.39, 0.29) is 23.9 Å². The molecule has 1 N–H and O–H groups in total. The number of thiophene rings is 1. The van der Waals surface area contributed by atoms with Crippen molar-refractivity contribution in [2.75, 3.05) is 46.9 Å². The van der Waals surface area contributed by atoms with E-state index < -0.39 is 5.54 Å². The van der Waals surface area contributed by atoms with Crippen LogP contribution >= 0.6 is 11.3 Å². The fraction of sp³-hybridized carbons (Fsp3) is 0.500. The molecule has 0 radical (unpaired) electrons. The van der Waals surface area contributed by atoms with E-state index in [1.54, 1.807) is 0 Å². The average Bonchev–Trinajstić information content (AvgIpc) is 3.26. The number of nitrogens with zero attached hydrogens (tertiary/aromatic N) is 3. The molecule has 0 unspecified atom stereocenters. The van der Waals surface area contributed by atoms with Crippen LogP contribution in [0, 0.1) is 0 Å². The summed E-state index contributed by atoms with van der Waals surface area (Å²) in [4.78, 5) is 44.0. The van der Waals surface area contributed by atoms with Crippen molar-refractivity contribution in [3.05, 3.63) is 34.7 Å². The Balaban J connectivity index is 1.42. The Bertz CT molecular complexity index is 1060. The summed E-state index contributed by atoms with van der Waals surface area (Å²) in [6.45, 7) is 3.12. The van der Waals surface area contributed by atoms with Gasteiger partial charge >= 0.3 is 6.03 Å². The van der Waals surface area contributed by atoms with Crippen LogP contribution in [0.4, 0.5) is 4.79 Å². The van der Waals surface area contributed by atoms with E-state index in [4.69, 9.17) is 4.74 Å². The molecule has 5 rings (SSSR count). The number of piperidine rings is 1. The van der Waals surface area contributed by atoms with Gasteiger partial charge in [-0.1, -0.05) is 18.2 Å². The number of carbonyl (C=O) groups excluding carboxylic acids is 3. The first-order valence-corrected chi connectivity index (χ1v) is 11.4. The molecule has 164 valence electrons. The second-order valence-electron chi connectivity index (χ2n) is 8.63. The number of amides is 4. The highest BCUT2D eigenvalue weighted by atomic mass is 32.1. The highest BCUT2D eigenvalue weighted by molar-refractivity contribution is 7.21. The lowest BCUT2D eigenvalue weighted by Crippen LogP contribution is -2.55. The van der Waals surface area contributed by atoms with Crippen molar-refractivity contribution in [2.45, 2.75) is 24.5 Å². The van der Waals surface area contributed by atoms with E-state index in [1.165, 1.54) is 18.4 Å². The van der Waals surface area contributed by atoms with Gasteiger partial charge in [0.15, 0.2) is 0 Å². The summed E-state index contributed by atoms with van der Waals surface area (Å²) < 4.78 is 7.16. The zero-order valence-corrected chi connectivity index (χ0v) is 18.5. The van der Waals surface area contributed by atoms with Crippen LogP contribution in [0.3, 0.4) is 0 Å². The minimum atomic E-state index is -0.874. The van der Waals surface area contributed by atoms with Gasteiger partial charge in [0.2, 0.25) is 0 Å². The van der Waals surface area contributed by atoms with E-state index in [0.717, 1.165) is 38.5 Å². The Morgan fingerprint density at radius 1 is 1.16 bits per heavy atom. The lowest BCUT2D eigenvalue weighted by molar-refractivity contribution is -0.131. The van der Waals surface area contributed by atoms with Crippen LogP contribution in [0.15, 0.2) is 24.3 Å². The van der Waals surface area contributed by atoms with Crippen molar-refractivity contribution in [1.29, 1.82) is 0 Å². The van der Waals surface area contributed by atoms with Crippen LogP contribution in [0.5, 0.6) is 0 Å². The predicted molar refractivity (Wildman–Crippen MR) is 117 cm³/mol. The predicted octanol–water partition coefficient (Wildman–Crippen LogP) is 2.06. The highest BCUT2D eigenvalue weighted by Gasteiger charge is 2.51. The largest absolute Gasteiger partial charge is 0.371 e. The Morgan fingerprint density at radius 2 is 1.90 bits per heavy atom. The molecule has 0 saturated carbocycles. The molecule has 31 heavy (non-hydrogen) atoms. The first-order chi connectivity index (χ1) is 14.9. The number of fused-ring (bicyclic) bond motifs is 1. The number of likely N-dealkylation sites (tertiary alicyclic amines) is 1. The fourth-order valence-electron chi connectivity index (χ4n) is 4.83. The summed E-state index contributed by atoms with van der Waals surface area (Å²) >= 11 is 1.51. The molecule has 1 spiro atoms. The molecule has 1 aromatic carbocycles. The molecule has 4 amide bonds. The summed E-state index contributed by atoms with van der Waals surface area (Å²) in [6, 6.07) is 7.72. The van der Waals surface area contributed by atoms with Crippen molar-refractivity contribution in [2.24, 2.45) is 0 Å². The third kappa shape index (κ3) is 3.31. The number of morpholine rings is 1. The molecule has 9 heteroatoms. The molecule has 1 atom stereocenters. The SMILES string of the molecule is CN1CCO[C@H](c2c(C(=O)N3CCC4(CC3)NC(=O)N(C)C4=O)sc3ccccc23)C1. The van der Waals surface area contributed by atoms with E-state index in [1.807, 2.05) is 23.1 Å². The fourth-order valence-corrected chi connectivity index (χ4v) is 6.05. The first-order valence-electron chi connectivity index (χ1n) is 10.6. The molecule has 4 heterocycles. The number of hydrogen-bond donors (Lipinski definition) is 1. The van der Waals surface area contributed by atoms with Gasteiger partial charge in [-0.2, -0.15) is 0 Å². The summed E-state index contributed by atoms with van der Waals surface area (Å²) in [5, 5.41) is 3.91. The molecular weight excluding hydrogens is 416 g/mol. The summed E-state index contributed by atoms with van der Waals surface area (Å²) in [7, 11) is 3.56. The minimum Gasteiger partial charge on any atom is -0.371 e. The second kappa shape index (κ2) is 7.58. The monoisotopic (exact) mass is 442 g/mol. The Hall–Kier alpha value is -2.49. The number of imide groups is 1. The number of rotatable bonds is 2. The first kappa shape index (κ1) is 20.4. The van der Waals surface area contributed by atoms with Gasteiger partial charge < -0.3 is 19.9 Å². The maximum absolute atomic E-state index is 13.6. The van der Waals surface area contributed by atoms with E-state index in [9.17, 15) is 14.4 Å². The third-order valence-corrected chi connectivity index (χ3v) is 7.86. The second-order valence-corrected chi connectivity index (χ2v) is 9.68. The van der Waals surface area contributed by atoms with Gasteiger partial charge in [0.05, 0.1) is 17.6 Å². The molecule has 0 aliphatic carbocycles. The van der Waals surface area contributed by atoms with Crippen molar-refractivity contribution in [3.63, 3.8) is 0 Å². The van der Waals surface area contributed by atoms with Crippen LogP contribution < -0.4 is 5.32 Å². The maximum atomic E-state index is 13.6. The lowest BCUT2D eigenvalue weighted by atomic mass is 9.87. The van der Waals surface area contributed by atoms with Crippen LogP contribution in [0.1, 0.15) is 34.2 Å². The Morgan fingerprint density at radius 3 is 2.58 bits per heavy atom. The van der Waals surface area contributed by atoms with Gasteiger partial charge in [-0.15, -0.1) is 11.3 Å². The van der Waals surface area contributed by atoms with Gasteiger partial charge in [-0.05, 0) is 31.3 Å². The zero-order valence-electron chi connectivity index (χ0n) is 17.7. The number of ether oxygens (including phenoxy) is 1. The zero-order chi connectivity index (χ0) is 21.8. The van der Waals surface area contributed by atoms with Gasteiger partial charge in [0.1, 0.15) is 5.54 Å². The number of likely N-dealkylation sites (N-methyl/N-ethyl adjacent to an activating group) is 2.